The summed E-state index contributed by atoms with van der Waals surface area (Å²) in [7, 11) is 0. The predicted molar refractivity (Wildman–Crippen MR) is 46.0 cm³/mol. The zero-order chi connectivity index (χ0) is 8.69. The van der Waals surface area contributed by atoms with E-state index < -0.39 is 6.10 Å². The number of Topliss-reactive ketones (excluding diaryl/α,β-unsaturated/α-hetero) is 1. The van der Waals surface area contributed by atoms with E-state index in [4.69, 9.17) is 15.9 Å². The van der Waals surface area contributed by atoms with Crippen molar-refractivity contribution >= 4 is 5.78 Å². The zero-order valence-electron chi connectivity index (χ0n) is 7.20. The molecule has 0 aromatic carbocycles. The van der Waals surface area contributed by atoms with Crippen LogP contribution in [0.5, 0.6) is 0 Å². The molecule has 0 fully saturated rings. The van der Waals surface area contributed by atoms with Gasteiger partial charge in [-0.15, -0.1) is 0 Å². The molecule has 0 amide bonds. The second-order valence-corrected chi connectivity index (χ2v) is 2.47. The maximum absolute atomic E-state index is 10.8. The molecule has 0 aliphatic carbocycles. The molecule has 0 spiro atoms. The maximum atomic E-state index is 10.8. The smallest absolute Gasteiger partial charge is 0.135 e. The molecule has 0 aromatic rings. The highest BCUT2D eigenvalue weighted by Gasteiger charge is 2.08. The number of carbonyl (C=O) groups excluding carboxylic acids is 1. The van der Waals surface area contributed by atoms with Gasteiger partial charge in [0.05, 0.1) is 12.7 Å². The van der Waals surface area contributed by atoms with Crippen LogP contribution >= 0.6 is 0 Å². The number of aliphatic hydroxyl groups excluding tert-OH is 2. The van der Waals surface area contributed by atoms with Gasteiger partial charge in [-0.05, 0) is 13.0 Å². The molecule has 7 N–H and O–H groups in total. The molecule has 0 aliphatic rings. The number of aliphatic hydroxyl groups is 2. The van der Waals surface area contributed by atoms with Gasteiger partial charge in [-0.25, -0.2) is 0 Å². The monoisotopic (exact) mass is 178 g/mol. The second kappa shape index (κ2) is 8.61. The fourth-order valence-electron chi connectivity index (χ4n) is 0.729. The third kappa shape index (κ3) is 7.62. The van der Waals surface area contributed by atoms with Gasteiger partial charge < -0.3 is 22.1 Å². The SMILES string of the molecule is N.NCCCC(=O)CC(O)CO. The summed E-state index contributed by atoms with van der Waals surface area (Å²) in [6.45, 7) is 0.134. The van der Waals surface area contributed by atoms with Crippen molar-refractivity contribution in [3.8, 4) is 0 Å². The molecule has 0 aromatic heterocycles. The van der Waals surface area contributed by atoms with Crippen LogP contribution in [0.4, 0.5) is 0 Å². The van der Waals surface area contributed by atoms with Crippen molar-refractivity contribution in [2.45, 2.75) is 25.4 Å². The second-order valence-electron chi connectivity index (χ2n) is 2.47. The summed E-state index contributed by atoms with van der Waals surface area (Å²) in [6, 6.07) is 0. The first-order chi connectivity index (χ1) is 5.20. The minimum Gasteiger partial charge on any atom is -0.394 e. The standard InChI is InChI=1S/C7H15NO3.H3N/c8-3-1-2-6(10)4-7(11)5-9;/h7,9,11H,1-5,8H2;1H3. The molecule has 5 heteroatoms. The van der Waals surface area contributed by atoms with Crippen molar-refractivity contribution in [1.29, 1.82) is 0 Å². The summed E-state index contributed by atoms with van der Waals surface area (Å²) in [6.07, 6.45) is 0.182. The number of ketones is 1. The molecule has 5 nitrogen and oxygen atoms in total. The van der Waals surface area contributed by atoms with Crippen LogP contribution in [0.3, 0.4) is 0 Å². The number of nitrogens with two attached hydrogens (primary N) is 1. The zero-order valence-corrected chi connectivity index (χ0v) is 7.20. The molecule has 1 atom stereocenters. The Bertz CT molecular complexity index is 119. The third-order valence-corrected chi connectivity index (χ3v) is 1.33. The quantitative estimate of drug-likeness (QED) is 0.424. The van der Waals surface area contributed by atoms with Gasteiger partial charge in [-0.1, -0.05) is 0 Å². The molecule has 0 saturated carbocycles. The van der Waals surface area contributed by atoms with Crippen LogP contribution in [0.15, 0.2) is 0 Å². The molecule has 0 heterocycles. The average molecular weight is 178 g/mol. The predicted octanol–water partition coefficient (Wildman–Crippen LogP) is -0.800. The van der Waals surface area contributed by atoms with E-state index >= 15 is 0 Å². The number of hydrogen-bond acceptors (Lipinski definition) is 5. The summed E-state index contributed by atoms with van der Waals surface area (Å²) in [4.78, 5) is 10.8. The summed E-state index contributed by atoms with van der Waals surface area (Å²) < 4.78 is 0. The van der Waals surface area contributed by atoms with Gasteiger partial charge in [0.15, 0.2) is 0 Å². The largest absolute Gasteiger partial charge is 0.394 e. The Morgan fingerprint density at radius 3 is 2.50 bits per heavy atom. The number of carbonyl (C=O) groups is 1. The Hall–Kier alpha value is -0.490. The van der Waals surface area contributed by atoms with Gasteiger partial charge in [0.25, 0.3) is 0 Å². The van der Waals surface area contributed by atoms with Gasteiger partial charge in [0.1, 0.15) is 5.78 Å². The average Bonchev–Trinajstić information content (AvgIpc) is 2.00. The summed E-state index contributed by atoms with van der Waals surface area (Å²) >= 11 is 0. The summed E-state index contributed by atoms with van der Waals surface area (Å²) in [5.41, 5.74) is 5.18. The van der Waals surface area contributed by atoms with Crippen LogP contribution in [0, 0.1) is 0 Å². The van der Waals surface area contributed by atoms with E-state index in [1.807, 2.05) is 0 Å². The molecule has 1 unspecified atom stereocenters. The van der Waals surface area contributed by atoms with E-state index in [2.05, 4.69) is 0 Å². The van der Waals surface area contributed by atoms with Crippen molar-refractivity contribution in [3.05, 3.63) is 0 Å². The molecule has 74 valence electrons. The Labute approximate surface area is 72.2 Å². The topological polar surface area (TPSA) is 119 Å². The van der Waals surface area contributed by atoms with Gasteiger partial charge in [0, 0.05) is 12.8 Å². The minimum absolute atomic E-state index is 0. The van der Waals surface area contributed by atoms with E-state index in [1.54, 1.807) is 0 Å². The molecule has 0 radical (unpaired) electrons. The molecule has 0 rings (SSSR count). The number of rotatable bonds is 6. The van der Waals surface area contributed by atoms with Gasteiger partial charge in [0.2, 0.25) is 0 Å². The van der Waals surface area contributed by atoms with Crippen LogP contribution in [-0.4, -0.2) is 35.3 Å². The minimum atomic E-state index is -0.903. The van der Waals surface area contributed by atoms with Crippen LogP contribution in [0.25, 0.3) is 0 Å². The van der Waals surface area contributed by atoms with E-state index in [0.29, 0.717) is 19.4 Å². The summed E-state index contributed by atoms with van der Waals surface area (Å²) in [5.74, 6) is -0.0444. The van der Waals surface area contributed by atoms with Crippen molar-refractivity contribution in [2.75, 3.05) is 13.2 Å². The number of hydrogen-bond donors (Lipinski definition) is 4. The Morgan fingerprint density at radius 1 is 1.50 bits per heavy atom. The van der Waals surface area contributed by atoms with Gasteiger partial charge in [-0.2, -0.15) is 0 Å². The molecular formula is C7H18N2O3. The first-order valence-electron chi connectivity index (χ1n) is 3.71. The van der Waals surface area contributed by atoms with Crippen LogP contribution < -0.4 is 11.9 Å². The van der Waals surface area contributed by atoms with Gasteiger partial charge in [-0.3, -0.25) is 4.79 Å². The van der Waals surface area contributed by atoms with Gasteiger partial charge >= 0.3 is 0 Å². The molecule has 0 bridgehead atoms. The van der Waals surface area contributed by atoms with Crippen molar-refractivity contribution in [3.63, 3.8) is 0 Å². The highest BCUT2D eigenvalue weighted by atomic mass is 16.3. The van der Waals surface area contributed by atoms with Crippen molar-refractivity contribution in [2.24, 2.45) is 5.73 Å². The van der Waals surface area contributed by atoms with E-state index in [0.717, 1.165) is 0 Å². The molecule has 0 aliphatic heterocycles. The Morgan fingerprint density at radius 2 is 2.08 bits per heavy atom. The lowest BCUT2D eigenvalue weighted by molar-refractivity contribution is -0.121. The van der Waals surface area contributed by atoms with Crippen LogP contribution in [-0.2, 0) is 4.79 Å². The first kappa shape index (κ1) is 14.1. The third-order valence-electron chi connectivity index (χ3n) is 1.33. The maximum Gasteiger partial charge on any atom is 0.135 e. The fourth-order valence-corrected chi connectivity index (χ4v) is 0.729. The lowest BCUT2D eigenvalue weighted by Gasteiger charge is -2.04. The lowest BCUT2D eigenvalue weighted by atomic mass is 10.1. The summed E-state index contributed by atoms with van der Waals surface area (Å²) in [5, 5.41) is 17.2. The van der Waals surface area contributed by atoms with E-state index in [-0.39, 0.29) is 25.0 Å². The lowest BCUT2D eigenvalue weighted by Crippen LogP contribution is -2.17. The van der Waals surface area contributed by atoms with Crippen LogP contribution in [0.2, 0.25) is 0 Å². The normalized spacial score (nSPS) is 11.9. The first-order valence-corrected chi connectivity index (χ1v) is 3.71. The fraction of sp³-hybridized carbons (Fsp3) is 0.857. The molecule has 12 heavy (non-hydrogen) atoms. The highest BCUT2D eigenvalue weighted by molar-refractivity contribution is 5.78. The highest BCUT2D eigenvalue weighted by Crippen LogP contribution is 1.97. The molecule has 0 saturated heterocycles. The Balaban J connectivity index is 0. The van der Waals surface area contributed by atoms with Crippen molar-refractivity contribution < 1.29 is 15.0 Å². The van der Waals surface area contributed by atoms with Crippen molar-refractivity contribution in [1.82, 2.24) is 6.15 Å². The van der Waals surface area contributed by atoms with E-state index in [9.17, 15) is 4.79 Å². The molecular weight excluding hydrogens is 160 g/mol. The van der Waals surface area contributed by atoms with E-state index in [1.165, 1.54) is 0 Å². The Kier molecular flexibility index (Phi) is 10.1. The van der Waals surface area contributed by atoms with Crippen LogP contribution in [0.1, 0.15) is 19.3 Å².